The van der Waals surface area contributed by atoms with E-state index in [2.05, 4.69) is 10.3 Å². The fourth-order valence-corrected chi connectivity index (χ4v) is 1.06. The Hall–Kier alpha value is -0.930. The average Bonchev–Trinajstić information content (AvgIpc) is 2.15. The zero-order chi connectivity index (χ0) is 8.81. The molecule has 1 aromatic rings. The van der Waals surface area contributed by atoms with Crippen molar-refractivity contribution in [3.8, 4) is 0 Å². The van der Waals surface area contributed by atoms with Gasteiger partial charge in [0.05, 0.1) is 0 Å². The summed E-state index contributed by atoms with van der Waals surface area (Å²) in [6, 6.07) is 4.02. The van der Waals surface area contributed by atoms with Gasteiger partial charge in [0.2, 0.25) is 0 Å². The molecule has 0 amide bonds. The van der Waals surface area contributed by atoms with Gasteiger partial charge in [-0.2, -0.15) is 0 Å². The summed E-state index contributed by atoms with van der Waals surface area (Å²) in [6.45, 7) is 0.941. The van der Waals surface area contributed by atoms with Crippen LogP contribution in [-0.2, 0) is 0 Å². The second kappa shape index (κ2) is 4.85. The highest BCUT2D eigenvalue weighted by Gasteiger charge is 2.03. The van der Waals surface area contributed by atoms with E-state index in [1.54, 1.807) is 6.20 Å². The molecule has 0 fully saturated rings. The Bertz CT molecular complexity index is 210. The van der Waals surface area contributed by atoms with Gasteiger partial charge in [-0.3, -0.25) is 4.98 Å². The maximum absolute atomic E-state index is 5.90. The third-order valence-electron chi connectivity index (χ3n) is 1.82. The first-order valence-corrected chi connectivity index (χ1v) is 4.14. The molecule has 1 atom stereocenters. The Kier molecular flexibility index (Phi) is 3.70. The van der Waals surface area contributed by atoms with E-state index in [0.29, 0.717) is 0 Å². The van der Waals surface area contributed by atoms with Crippen LogP contribution in [0, 0.1) is 0 Å². The van der Waals surface area contributed by atoms with Gasteiger partial charge in [0.1, 0.15) is 0 Å². The van der Waals surface area contributed by atoms with Crippen molar-refractivity contribution < 1.29 is 0 Å². The third kappa shape index (κ3) is 2.60. The molecule has 1 rings (SSSR count). The van der Waals surface area contributed by atoms with E-state index in [1.807, 2.05) is 25.4 Å². The molecule has 0 spiro atoms. The lowest BCUT2D eigenvalue weighted by Crippen LogP contribution is -2.17. The molecule has 0 radical (unpaired) electrons. The van der Waals surface area contributed by atoms with Gasteiger partial charge in [-0.1, -0.05) is 6.07 Å². The van der Waals surface area contributed by atoms with Crippen molar-refractivity contribution in [2.24, 2.45) is 5.73 Å². The van der Waals surface area contributed by atoms with E-state index in [9.17, 15) is 0 Å². The first-order valence-electron chi connectivity index (χ1n) is 4.14. The summed E-state index contributed by atoms with van der Waals surface area (Å²) < 4.78 is 0. The monoisotopic (exact) mass is 165 g/mol. The molecule has 12 heavy (non-hydrogen) atoms. The lowest BCUT2D eigenvalue weighted by atomic mass is 10.1. The van der Waals surface area contributed by atoms with Crippen LogP contribution in [0.15, 0.2) is 24.5 Å². The largest absolute Gasteiger partial charge is 0.324 e. The van der Waals surface area contributed by atoms with Crippen molar-refractivity contribution in [1.82, 2.24) is 10.3 Å². The minimum Gasteiger partial charge on any atom is -0.324 e. The maximum Gasteiger partial charge on any atom is 0.0322 e. The highest BCUT2D eigenvalue weighted by Crippen LogP contribution is 2.10. The quantitative estimate of drug-likeness (QED) is 0.690. The molecule has 0 bridgehead atoms. The average molecular weight is 165 g/mol. The molecule has 1 unspecified atom stereocenters. The zero-order valence-corrected chi connectivity index (χ0v) is 7.33. The molecule has 0 aromatic carbocycles. The first-order chi connectivity index (χ1) is 5.84. The molecule has 3 heteroatoms. The minimum atomic E-state index is 0.103. The summed E-state index contributed by atoms with van der Waals surface area (Å²) in [4.78, 5) is 4.01. The van der Waals surface area contributed by atoms with Crippen LogP contribution in [0.5, 0.6) is 0 Å². The number of aromatic nitrogens is 1. The van der Waals surface area contributed by atoms with Crippen molar-refractivity contribution in [1.29, 1.82) is 0 Å². The number of nitrogens with one attached hydrogen (secondary N) is 1. The highest BCUT2D eigenvalue weighted by molar-refractivity contribution is 5.12. The lowest BCUT2D eigenvalue weighted by Gasteiger charge is -2.10. The molecular formula is C9H15N3. The van der Waals surface area contributed by atoms with Gasteiger partial charge < -0.3 is 11.1 Å². The zero-order valence-electron chi connectivity index (χ0n) is 7.33. The summed E-state index contributed by atoms with van der Waals surface area (Å²) in [5, 5.41) is 3.07. The number of hydrogen-bond acceptors (Lipinski definition) is 3. The van der Waals surface area contributed by atoms with Crippen molar-refractivity contribution in [2.45, 2.75) is 12.5 Å². The van der Waals surface area contributed by atoms with Crippen LogP contribution < -0.4 is 11.1 Å². The van der Waals surface area contributed by atoms with E-state index >= 15 is 0 Å². The van der Waals surface area contributed by atoms with E-state index in [-0.39, 0.29) is 6.04 Å². The van der Waals surface area contributed by atoms with Crippen molar-refractivity contribution in [2.75, 3.05) is 13.6 Å². The Balaban J connectivity index is 2.48. The predicted octanol–water partition coefficient (Wildman–Crippen LogP) is 0.691. The van der Waals surface area contributed by atoms with Crippen molar-refractivity contribution in [3.05, 3.63) is 30.1 Å². The van der Waals surface area contributed by atoms with Gasteiger partial charge in [-0.05, 0) is 31.6 Å². The molecule has 1 heterocycles. The predicted molar refractivity (Wildman–Crippen MR) is 49.7 cm³/mol. The van der Waals surface area contributed by atoms with Gasteiger partial charge >= 0.3 is 0 Å². The summed E-state index contributed by atoms with van der Waals surface area (Å²) in [6.07, 6.45) is 4.52. The van der Waals surface area contributed by atoms with Gasteiger partial charge in [0, 0.05) is 18.4 Å². The maximum atomic E-state index is 5.90. The minimum absolute atomic E-state index is 0.103. The Morgan fingerprint density at radius 2 is 2.50 bits per heavy atom. The fourth-order valence-electron chi connectivity index (χ4n) is 1.06. The Morgan fingerprint density at radius 3 is 3.08 bits per heavy atom. The van der Waals surface area contributed by atoms with Crippen molar-refractivity contribution >= 4 is 0 Å². The standard InChI is InChI=1S/C9H15N3/c1-11-6-4-9(10)8-3-2-5-12-7-8/h2-3,5,7,9,11H,4,6,10H2,1H3. The lowest BCUT2D eigenvalue weighted by molar-refractivity contribution is 0.614. The van der Waals surface area contributed by atoms with Crippen LogP contribution in [0.3, 0.4) is 0 Å². The van der Waals surface area contributed by atoms with E-state index in [4.69, 9.17) is 5.73 Å². The fraction of sp³-hybridized carbons (Fsp3) is 0.444. The van der Waals surface area contributed by atoms with Crippen LogP contribution in [0.1, 0.15) is 18.0 Å². The molecular weight excluding hydrogens is 150 g/mol. The number of nitrogens with zero attached hydrogens (tertiary/aromatic N) is 1. The SMILES string of the molecule is CNCCC(N)c1cccnc1. The van der Waals surface area contributed by atoms with Gasteiger partial charge in [-0.25, -0.2) is 0 Å². The Labute approximate surface area is 73.0 Å². The van der Waals surface area contributed by atoms with E-state index in [0.717, 1.165) is 18.5 Å². The molecule has 1 aromatic heterocycles. The van der Waals surface area contributed by atoms with E-state index < -0.39 is 0 Å². The number of rotatable bonds is 4. The number of pyridine rings is 1. The van der Waals surface area contributed by atoms with E-state index in [1.165, 1.54) is 0 Å². The van der Waals surface area contributed by atoms with Crippen LogP contribution in [0.25, 0.3) is 0 Å². The van der Waals surface area contributed by atoms with Crippen LogP contribution in [0.4, 0.5) is 0 Å². The molecule has 0 aliphatic heterocycles. The number of hydrogen-bond donors (Lipinski definition) is 2. The molecule has 0 aliphatic rings. The molecule has 0 saturated carbocycles. The van der Waals surface area contributed by atoms with Gasteiger partial charge in [0.15, 0.2) is 0 Å². The van der Waals surface area contributed by atoms with Crippen LogP contribution in [-0.4, -0.2) is 18.6 Å². The van der Waals surface area contributed by atoms with Crippen molar-refractivity contribution in [3.63, 3.8) is 0 Å². The molecule has 0 aliphatic carbocycles. The molecule has 3 N–H and O–H groups in total. The Morgan fingerprint density at radius 1 is 1.67 bits per heavy atom. The van der Waals surface area contributed by atoms with Crippen LogP contribution >= 0.6 is 0 Å². The van der Waals surface area contributed by atoms with Gasteiger partial charge in [0.25, 0.3) is 0 Å². The smallest absolute Gasteiger partial charge is 0.0322 e. The first kappa shape index (κ1) is 9.16. The molecule has 66 valence electrons. The topological polar surface area (TPSA) is 50.9 Å². The second-order valence-electron chi connectivity index (χ2n) is 2.79. The third-order valence-corrected chi connectivity index (χ3v) is 1.82. The summed E-state index contributed by atoms with van der Waals surface area (Å²) in [7, 11) is 1.93. The summed E-state index contributed by atoms with van der Waals surface area (Å²) in [5.41, 5.74) is 7.01. The second-order valence-corrected chi connectivity index (χ2v) is 2.79. The highest BCUT2D eigenvalue weighted by atomic mass is 14.8. The van der Waals surface area contributed by atoms with Crippen LogP contribution in [0.2, 0.25) is 0 Å². The number of nitrogens with two attached hydrogens (primary N) is 1. The van der Waals surface area contributed by atoms with Gasteiger partial charge in [-0.15, -0.1) is 0 Å². The molecule has 3 nitrogen and oxygen atoms in total. The summed E-state index contributed by atoms with van der Waals surface area (Å²) >= 11 is 0. The normalized spacial score (nSPS) is 12.8. The molecule has 0 saturated heterocycles. The summed E-state index contributed by atoms with van der Waals surface area (Å²) in [5.74, 6) is 0.